The van der Waals surface area contributed by atoms with Gasteiger partial charge >= 0.3 is 5.97 Å². The molecule has 15 nitrogen and oxygen atoms in total. The van der Waals surface area contributed by atoms with Crippen LogP contribution >= 0.6 is 11.8 Å². The van der Waals surface area contributed by atoms with Gasteiger partial charge in [-0.3, -0.25) is 33.7 Å². The predicted octanol–water partition coefficient (Wildman–Crippen LogP) is 2.94. The molecule has 2 aromatic heterocycles. The molecule has 3 aromatic rings. The number of halogens is 1. The van der Waals surface area contributed by atoms with Gasteiger partial charge in [0.2, 0.25) is 17.7 Å². The van der Waals surface area contributed by atoms with Gasteiger partial charge in [-0.15, -0.1) is 11.8 Å². The zero-order valence-corrected chi connectivity index (χ0v) is 32.8. The van der Waals surface area contributed by atoms with E-state index in [4.69, 9.17) is 9.72 Å². The Hall–Kier alpha value is -5.42. The first kappa shape index (κ1) is 39.8. The third kappa shape index (κ3) is 7.11. The summed E-state index contributed by atoms with van der Waals surface area (Å²) >= 11 is 1.36. The molecular weight excluding hydrogens is 760 g/mol. The summed E-state index contributed by atoms with van der Waals surface area (Å²) in [6.45, 7) is 6.77. The van der Waals surface area contributed by atoms with Crippen LogP contribution in [0.15, 0.2) is 34.0 Å². The van der Waals surface area contributed by atoms with Crippen LogP contribution in [-0.4, -0.2) is 79.4 Å². The Labute approximate surface area is 330 Å². The zero-order valence-electron chi connectivity index (χ0n) is 32.0. The number of imide groups is 1. The van der Waals surface area contributed by atoms with Crippen molar-refractivity contribution in [3.8, 4) is 11.4 Å². The fraction of sp³-hybridized carbons (Fsp3) is 0.450. The van der Waals surface area contributed by atoms with Crippen molar-refractivity contribution in [2.45, 2.75) is 102 Å². The van der Waals surface area contributed by atoms with E-state index in [-0.39, 0.29) is 73.0 Å². The number of carbonyl (C=O) groups excluding carboxylic acids is 6. The third-order valence-electron chi connectivity index (χ3n) is 11.0. The minimum Gasteiger partial charge on any atom is -0.458 e. The normalized spacial score (nSPS) is 18.9. The summed E-state index contributed by atoms with van der Waals surface area (Å²) in [6.07, 6.45) is 4.75. The lowest BCUT2D eigenvalue weighted by Crippen LogP contribution is -2.53. The Kier molecular flexibility index (Phi) is 10.8. The number of hydrogen-bond donors (Lipinski definition) is 4. The number of aryl methyl sites for hydroxylation is 1. The molecule has 3 atom stereocenters. The number of hydrogen-bond acceptors (Lipinski definition) is 11. The molecule has 0 unspecified atom stereocenters. The molecule has 0 bridgehead atoms. The number of fused-ring (bicyclic) bond motifs is 5. The number of thioether (sulfide) groups is 1. The number of rotatable bonds is 13. The molecule has 4 N–H and O–H groups in total. The SMILES string of the molecule is CC[C@@]1(O)C(=O)OCc2c1cc1n(c2=O)Cc2c-1nc1cc(F)c(NC(=O)[C@H](C)NC(=O)[C@@H](NC(=O)CCCCCN3C(=O)C=CC3=O)C(C)C)c3c1c2CCS3. The van der Waals surface area contributed by atoms with Crippen LogP contribution in [0.3, 0.4) is 0 Å². The maximum Gasteiger partial charge on any atom is 0.343 e. The number of carbonyl (C=O) groups is 6. The predicted molar refractivity (Wildman–Crippen MR) is 206 cm³/mol. The van der Waals surface area contributed by atoms with Crippen molar-refractivity contribution in [3.63, 3.8) is 0 Å². The van der Waals surface area contributed by atoms with Crippen LogP contribution in [0.5, 0.6) is 0 Å². The van der Waals surface area contributed by atoms with Crippen molar-refractivity contribution in [2.24, 2.45) is 5.92 Å². The number of nitrogens with one attached hydrogen (secondary N) is 3. The number of cyclic esters (lactones) is 1. The minimum atomic E-state index is -1.99. The molecule has 5 amide bonds. The molecule has 57 heavy (non-hydrogen) atoms. The number of aromatic nitrogens is 2. The quantitative estimate of drug-likeness (QED) is 0.0879. The Morgan fingerprint density at radius 3 is 2.44 bits per heavy atom. The molecule has 4 aliphatic rings. The molecule has 0 aliphatic carbocycles. The Morgan fingerprint density at radius 2 is 1.74 bits per heavy atom. The minimum absolute atomic E-state index is 0.00144. The summed E-state index contributed by atoms with van der Waals surface area (Å²) in [4.78, 5) is 95.8. The number of benzene rings is 1. The van der Waals surface area contributed by atoms with Crippen LogP contribution in [0.1, 0.15) is 82.1 Å². The van der Waals surface area contributed by atoms with E-state index in [0.29, 0.717) is 58.6 Å². The Morgan fingerprint density at radius 1 is 1.00 bits per heavy atom. The van der Waals surface area contributed by atoms with Crippen molar-refractivity contribution in [1.29, 1.82) is 0 Å². The first-order valence-electron chi connectivity index (χ1n) is 19.1. The summed E-state index contributed by atoms with van der Waals surface area (Å²) in [5, 5.41) is 19.9. The molecule has 4 aliphatic heterocycles. The maximum atomic E-state index is 16.0. The summed E-state index contributed by atoms with van der Waals surface area (Å²) in [5.41, 5.74) is 0.723. The highest BCUT2D eigenvalue weighted by atomic mass is 32.2. The molecule has 0 saturated carbocycles. The van der Waals surface area contributed by atoms with E-state index >= 15 is 4.39 Å². The standard InChI is InChI=1S/C40H43FN6O9S/c1-5-40(55)24-15-27-33-22(17-47(27)38(53)23(24)18-56-39(40)54)21-12-14-57-35-31(21)26(43-33)16-25(41)34(35)45-36(51)20(4)42-37(52)32(19(2)3)44-28(48)9-7-6-8-13-46-29(49)10-11-30(46)50/h10-11,15-16,19-20,32,55H,5-9,12-14,17-18H2,1-4H3,(H,42,52)(H,44,48)(H,45,51)/t20-,32-,40-/m0/s1. The first-order chi connectivity index (χ1) is 27.1. The summed E-state index contributed by atoms with van der Waals surface area (Å²) in [6, 6.07) is 0.769. The number of aliphatic hydroxyl groups is 1. The van der Waals surface area contributed by atoms with Gasteiger partial charge in [-0.05, 0) is 50.2 Å². The van der Waals surface area contributed by atoms with Gasteiger partial charge in [0.25, 0.3) is 17.4 Å². The van der Waals surface area contributed by atoms with Crippen molar-refractivity contribution < 1.29 is 43.0 Å². The monoisotopic (exact) mass is 802 g/mol. The van der Waals surface area contributed by atoms with Crippen molar-refractivity contribution >= 4 is 63.9 Å². The number of anilines is 1. The van der Waals surface area contributed by atoms with E-state index in [2.05, 4.69) is 16.0 Å². The molecule has 7 rings (SSSR count). The average Bonchev–Trinajstić information content (AvgIpc) is 3.71. The number of nitrogens with zero attached hydrogens (tertiary/aromatic N) is 3. The fourth-order valence-electron chi connectivity index (χ4n) is 7.83. The number of pyridine rings is 2. The van der Waals surface area contributed by atoms with Crippen LogP contribution in [0, 0.1) is 11.7 Å². The van der Waals surface area contributed by atoms with Gasteiger partial charge in [0.15, 0.2) is 5.60 Å². The van der Waals surface area contributed by atoms with Gasteiger partial charge in [-0.2, -0.15) is 0 Å². The van der Waals surface area contributed by atoms with Crippen molar-refractivity contribution in [1.82, 2.24) is 25.1 Å². The summed E-state index contributed by atoms with van der Waals surface area (Å²) in [5.74, 6) is -3.68. The first-order valence-corrected chi connectivity index (χ1v) is 20.0. The lowest BCUT2D eigenvalue weighted by Gasteiger charge is -2.31. The summed E-state index contributed by atoms with van der Waals surface area (Å²) < 4.78 is 22.7. The molecule has 6 heterocycles. The molecular formula is C40H43FN6O9S. The van der Waals surface area contributed by atoms with Crippen LogP contribution in [0.4, 0.5) is 10.1 Å². The number of ether oxygens (including phenoxy) is 1. The second-order valence-corrected chi connectivity index (χ2v) is 16.2. The lowest BCUT2D eigenvalue weighted by molar-refractivity contribution is -0.172. The second-order valence-electron chi connectivity index (χ2n) is 15.1. The van der Waals surface area contributed by atoms with Gasteiger partial charge in [-0.25, -0.2) is 14.2 Å². The molecule has 0 saturated heterocycles. The van der Waals surface area contributed by atoms with Crippen LogP contribution in [0.25, 0.3) is 22.3 Å². The van der Waals surface area contributed by atoms with Crippen molar-refractivity contribution in [2.75, 3.05) is 17.6 Å². The van der Waals surface area contributed by atoms with Crippen molar-refractivity contribution in [3.05, 3.63) is 62.7 Å². The Balaban J connectivity index is 1.04. The summed E-state index contributed by atoms with van der Waals surface area (Å²) in [7, 11) is 0. The van der Waals surface area contributed by atoms with Crippen LogP contribution in [0.2, 0.25) is 0 Å². The van der Waals surface area contributed by atoms with E-state index in [1.807, 2.05) is 0 Å². The van der Waals surface area contributed by atoms with E-state index in [1.165, 1.54) is 41.5 Å². The molecule has 0 spiro atoms. The average molecular weight is 803 g/mol. The van der Waals surface area contributed by atoms with Gasteiger partial charge in [-0.1, -0.05) is 27.2 Å². The number of unbranched alkanes of at least 4 members (excludes halogenated alkanes) is 2. The maximum absolute atomic E-state index is 16.0. The van der Waals surface area contributed by atoms with Crippen LogP contribution in [-0.2, 0) is 58.7 Å². The highest BCUT2D eigenvalue weighted by Crippen LogP contribution is 2.47. The molecule has 17 heteroatoms. The highest BCUT2D eigenvalue weighted by Gasteiger charge is 2.46. The molecule has 0 radical (unpaired) electrons. The van der Waals surface area contributed by atoms with Gasteiger partial charge < -0.3 is 30.4 Å². The molecule has 300 valence electrons. The van der Waals surface area contributed by atoms with Gasteiger partial charge in [0.1, 0.15) is 24.5 Å². The van der Waals surface area contributed by atoms with E-state index in [1.54, 1.807) is 26.8 Å². The van der Waals surface area contributed by atoms with E-state index < -0.39 is 46.8 Å². The second kappa shape index (κ2) is 15.5. The third-order valence-corrected chi connectivity index (χ3v) is 12.2. The highest BCUT2D eigenvalue weighted by molar-refractivity contribution is 7.99. The largest absolute Gasteiger partial charge is 0.458 e. The smallest absolute Gasteiger partial charge is 0.343 e. The lowest BCUT2D eigenvalue weighted by atomic mass is 9.86. The van der Waals surface area contributed by atoms with Crippen LogP contribution < -0.4 is 21.5 Å². The number of amides is 5. The molecule has 0 fully saturated rings. The molecule has 1 aromatic carbocycles. The zero-order chi connectivity index (χ0) is 40.9. The Bertz CT molecular complexity index is 2340. The topological polar surface area (TPSA) is 206 Å². The van der Waals surface area contributed by atoms with Gasteiger partial charge in [0, 0.05) is 58.3 Å². The van der Waals surface area contributed by atoms with Gasteiger partial charge in [0.05, 0.1) is 34.7 Å². The number of esters is 1. The van der Waals surface area contributed by atoms with E-state index in [9.17, 15) is 38.7 Å². The van der Waals surface area contributed by atoms with E-state index in [0.717, 1.165) is 16.0 Å². The fourth-order valence-corrected chi connectivity index (χ4v) is 9.00.